The second-order valence-electron chi connectivity index (χ2n) is 7.99. The number of carbonyl (C=O) groups is 2. The summed E-state index contributed by atoms with van der Waals surface area (Å²) in [5.41, 5.74) is 2.46. The van der Waals surface area contributed by atoms with Crippen LogP contribution in [0, 0.1) is 0 Å². The SMILES string of the molecule is C=C(C)CC(=O)Oc1ccc2c(ccc3cc(CCCCOC(=O)C(=C)C)ccc32)c1. The van der Waals surface area contributed by atoms with Crippen LogP contribution in [0.25, 0.3) is 21.5 Å². The maximum absolute atomic E-state index is 11.9. The molecule has 0 amide bonds. The van der Waals surface area contributed by atoms with E-state index in [2.05, 4.69) is 43.5 Å². The second kappa shape index (κ2) is 10.1. The van der Waals surface area contributed by atoms with Gasteiger partial charge in [-0.2, -0.15) is 0 Å². The summed E-state index contributed by atoms with van der Waals surface area (Å²) in [7, 11) is 0. The van der Waals surface area contributed by atoms with E-state index in [0.29, 0.717) is 17.9 Å². The van der Waals surface area contributed by atoms with E-state index >= 15 is 0 Å². The Kier molecular flexibility index (Phi) is 7.24. The maximum atomic E-state index is 11.9. The molecular weight excluding hydrogens is 388 g/mol. The number of carbonyl (C=O) groups excluding carboxylic acids is 2. The highest BCUT2D eigenvalue weighted by molar-refractivity contribution is 6.08. The van der Waals surface area contributed by atoms with E-state index < -0.39 is 0 Å². The van der Waals surface area contributed by atoms with Gasteiger partial charge in [0.1, 0.15) is 5.75 Å². The first-order valence-corrected chi connectivity index (χ1v) is 10.5. The normalized spacial score (nSPS) is 10.8. The van der Waals surface area contributed by atoms with Crippen LogP contribution in [0.1, 0.15) is 38.7 Å². The Labute approximate surface area is 183 Å². The predicted molar refractivity (Wildman–Crippen MR) is 125 cm³/mol. The van der Waals surface area contributed by atoms with Gasteiger partial charge in [-0.05, 0) is 72.4 Å². The van der Waals surface area contributed by atoms with Crippen molar-refractivity contribution in [2.45, 2.75) is 39.5 Å². The fraction of sp³-hybridized carbons (Fsp3) is 0.259. The van der Waals surface area contributed by atoms with E-state index in [0.717, 1.165) is 41.0 Å². The molecule has 4 heteroatoms. The molecule has 0 bridgehead atoms. The van der Waals surface area contributed by atoms with Gasteiger partial charge in [0.2, 0.25) is 0 Å². The largest absolute Gasteiger partial charge is 0.462 e. The Morgan fingerprint density at radius 2 is 1.55 bits per heavy atom. The lowest BCUT2D eigenvalue weighted by atomic mass is 9.98. The van der Waals surface area contributed by atoms with Crippen molar-refractivity contribution in [2.24, 2.45) is 0 Å². The molecule has 0 saturated carbocycles. The van der Waals surface area contributed by atoms with Crippen LogP contribution in [-0.4, -0.2) is 18.5 Å². The molecule has 0 spiro atoms. The highest BCUT2D eigenvalue weighted by Crippen LogP contribution is 2.29. The standard InChI is InChI=1S/C27H28O4/c1-18(2)15-26(28)31-23-11-13-25-22(17-23)10-9-21-16-20(8-12-24(21)25)7-5-6-14-30-27(29)19(3)4/h8-13,16-17H,1,3,5-7,14-15H2,2,4H3. The summed E-state index contributed by atoms with van der Waals surface area (Å²) in [5, 5.41) is 4.48. The van der Waals surface area contributed by atoms with E-state index in [1.54, 1.807) is 13.8 Å². The molecule has 0 saturated heterocycles. The summed E-state index contributed by atoms with van der Waals surface area (Å²) >= 11 is 0. The van der Waals surface area contributed by atoms with Crippen LogP contribution in [0.3, 0.4) is 0 Å². The molecule has 0 aliphatic rings. The predicted octanol–water partition coefficient (Wildman–Crippen LogP) is 6.31. The zero-order chi connectivity index (χ0) is 22.4. The van der Waals surface area contributed by atoms with Gasteiger partial charge >= 0.3 is 11.9 Å². The van der Waals surface area contributed by atoms with Crippen molar-refractivity contribution in [3.63, 3.8) is 0 Å². The van der Waals surface area contributed by atoms with Gasteiger partial charge in [-0.1, -0.05) is 55.1 Å². The van der Waals surface area contributed by atoms with E-state index in [4.69, 9.17) is 9.47 Å². The van der Waals surface area contributed by atoms with Crippen molar-refractivity contribution in [3.8, 4) is 5.75 Å². The highest BCUT2D eigenvalue weighted by atomic mass is 16.5. The van der Waals surface area contributed by atoms with Crippen LogP contribution in [0.5, 0.6) is 5.75 Å². The van der Waals surface area contributed by atoms with Crippen molar-refractivity contribution >= 4 is 33.5 Å². The summed E-state index contributed by atoms with van der Waals surface area (Å²) < 4.78 is 10.6. The Morgan fingerprint density at radius 1 is 0.871 bits per heavy atom. The van der Waals surface area contributed by atoms with Crippen LogP contribution < -0.4 is 4.74 Å². The van der Waals surface area contributed by atoms with Crippen LogP contribution >= 0.6 is 0 Å². The highest BCUT2D eigenvalue weighted by Gasteiger charge is 2.08. The smallest absolute Gasteiger partial charge is 0.333 e. The third-order valence-electron chi connectivity index (χ3n) is 4.99. The molecule has 3 rings (SSSR count). The number of aryl methyl sites for hydroxylation is 1. The molecule has 0 radical (unpaired) electrons. The van der Waals surface area contributed by atoms with Crippen LogP contribution in [-0.2, 0) is 20.7 Å². The van der Waals surface area contributed by atoms with Crippen LogP contribution in [0.4, 0.5) is 0 Å². The van der Waals surface area contributed by atoms with Crippen LogP contribution in [0.2, 0.25) is 0 Å². The zero-order valence-corrected chi connectivity index (χ0v) is 18.2. The number of hydrogen-bond donors (Lipinski definition) is 0. The molecule has 3 aromatic carbocycles. The Bertz CT molecular complexity index is 1160. The molecule has 0 atom stereocenters. The number of ether oxygens (including phenoxy) is 2. The van der Waals surface area contributed by atoms with Gasteiger partial charge in [-0.15, -0.1) is 0 Å². The van der Waals surface area contributed by atoms with Gasteiger partial charge < -0.3 is 9.47 Å². The van der Waals surface area contributed by atoms with Gasteiger partial charge in [0.05, 0.1) is 13.0 Å². The number of rotatable bonds is 9. The minimum Gasteiger partial charge on any atom is -0.462 e. The first-order chi connectivity index (χ1) is 14.8. The molecule has 31 heavy (non-hydrogen) atoms. The first-order valence-electron chi connectivity index (χ1n) is 10.5. The number of unbranched alkanes of at least 4 members (excludes halogenated alkanes) is 1. The van der Waals surface area contributed by atoms with Crippen molar-refractivity contribution < 1.29 is 19.1 Å². The van der Waals surface area contributed by atoms with Crippen LogP contribution in [0.15, 0.2) is 72.8 Å². The summed E-state index contributed by atoms with van der Waals surface area (Å²) in [4.78, 5) is 23.3. The average molecular weight is 417 g/mol. The molecule has 0 N–H and O–H groups in total. The van der Waals surface area contributed by atoms with Gasteiger partial charge in [0.25, 0.3) is 0 Å². The lowest BCUT2D eigenvalue weighted by molar-refractivity contribution is -0.139. The number of benzene rings is 3. The molecule has 0 fully saturated rings. The van der Waals surface area contributed by atoms with E-state index in [1.165, 1.54) is 10.9 Å². The van der Waals surface area contributed by atoms with Crippen molar-refractivity contribution in [3.05, 3.63) is 78.4 Å². The lowest BCUT2D eigenvalue weighted by Gasteiger charge is -2.09. The molecule has 4 nitrogen and oxygen atoms in total. The van der Waals surface area contributed by atoms with Crippen molar-refractivity contribution in [2.75, 3.05) is 6.61 Å². The fourth-order valence-corrected chi connectivity index (χ4v) is 3.45. The van der Waals surface area contributed by atoms with Crippen molar-refractivity contribution in [1.82, 2.24) is 0 Å². The van der Waals surface area contributed by atoms with Gasteiger partial charge in [-0.3, -0.25) is 4.79 Å². The molecule has 0 unspecified atom stereocenters. The van der Waals surface area contributed by atoms with E-state index in [9.17, 15) is 9.59 Å². The molecule has 0 aliphatic carbocycles. The monoisotopic (exact) mass is 416 g/mol. The maximum Gasteiger partial charge on any atom is 0.333 e. The molecular formula is C27H28O4. The Hall–Kier alpha value is -3.40. The Balaban J connectivity index is 1.66. The van der Waals surface area contributed by atoms with E-state index in [-0.39, 0.29) is 18.4 Å². The molecule has 160 valence electrons. The number of esters is 2. The van der Waals surface area contributed by atoms with E-state index in [1.807, 2.05) is 18.2 Å². The third-order valence-corrected chi connectivity index (χ3v) is 4.99. The Morgan fingerprint density at radius 3 is 2.23 bits per heavy atom. The summed E-state index contributed by atoms with van der Waals surface area (Å²) in [6, 6.07) is 16.4. The minimum atomic E-state index is -0.327. The first kappa shape index (κ1) is 22.3. The molecule has 3 aromatic rings. The second-order valence-corrected chi connectivity index (χ2v) is 7.99. The van der Waals surface area contributed by atoms with Gasteiger partial charge in [0.15, 0.2) is 0 Å². The fourth-order valence-electron chi connectivity index (χ4n) is 3.45. The summed E-state index contributed by atoms with van der Waals surface area (Å²) in [6.07, 6.45) is 2.91. The molecule has 0 aromatic heterocycles. The van der Waals surface area contributed by atoms with Gasteiger partial charge in [0, 0.05) is 5.57 Å². The van der Waals surface area contributed by atoms with Crippen molar-refractivity contribution in [1.29, 1.82) is 0 Å². The topological polar surface area (TPSA) is 52.6 Å². The lowest BCUT2D eigenvalue weighted by Crippen LogP contribution is -2.07. The number of fused-ring (bicyclic) bond motifs is 3. The summed E-state index contributed by atoms with van der Waals surface area (Å²) in [6.45, 7) is 11.2. The van der Waals surface area contributed by atoms with Gasteiger partial charge in [-0.25, -0.2) is 4.79 Å². The average Bonchev–Trinajstić information content (AvgIpc) is 2.72. The quantitative estimate of drug-likeness (QED) is 0.102. The summed E-state index contributed by atoms with van der Waals surface area (Å²) in [5.74, 6) is -0.0833. The zero-order valence-electron chi connectivity index (χ0n) is 18.2. The minimum absolute atomic E-state index is 0.217. The number of hydrogen-bond acceptors (Lipinski definition) is 4. The molecule has 0 aliphatic heterocycles. The third kappa shape index (κ3) is 6.05. The molecule has 0 heterocycles.